The Morgan fingerprint density at radius 1 is 0.955 bits per heavy atom. The predicted molar refractivity (Wildman–Crippen MR) is 92.8 cm³/mol. The molecule has 0 aliphatic carbocycles. The fourth-order valence-electron chi connectivity index (χ4n) is 2.46. The highest BCUT2D eigenvalue weighted by molar-refractivity contribution is 5.56. The summed E-state index contributed by atoms with van der Waals surface area (Å²) in [5.41, 5.74) is 3.72. The van der Waals surface area contributed by atoms with Crippen LogP contribution in [0.25, 0.3) is 0 Å². The second-order valence-corrected chi connectivity index (χ2v) is 5.88. The van der Waals surface area contributed by atoms with Crippen molar-refractivity contribution in [2.24, 2.45) is 0 Å². The van der Waals surface area contributed by atoms with E-state index in [1.54, 1.807) is 0 Å². The normalized spacial score (nSPS) is 12.0. The summed E-state index contributed by atoms with van der Waals surface area (Å²) in [4.78, 5) is 16.5. The average Bonchev–Trinajstić information content (AvgIpc) is 2.57. The molecule has 1 aromatic rings. The number of nitrogens with one attached hydrogen (secondary N) is 1. The van der Waals surface area contributed by atoms with Gasteiger partial charge in [0.05, 0.1) is 5.69 Å². The van der Waals surface area contributed by atoms with Crippen molar-refractivity contribution in [3.8, 4) is 0 Å². The third-order valence-corrected chi connectivity index (χ3v) is 3.85. The van der Waals surface area contributed by atoms with Gasteiger partial charge in [-0.3, -0.25) is 10.3 Å². The summed E-state index contributed by atoms with van der Waals surface area (Å²) in [7, 11) is 0. The fourth-order valence-corrected chi connectivity index (χ4v) is 2.46. The fraction of sp³-hybridized carbons (Fsp3) is 0.632. The van der Waals surface area contributed by atoms with E-state index in [1.165, 1.54) is 51.4 Å². The van der Waals surface area contributed by atoms with E-state index in [9.17, 15) is 4.79 Å². The van der Waals surface area contributed by atoms with Crippen LogP contribution in [0.2, 0.25) is 0 Å². The smallest absolute Gasteiger partial charge is 0.151 e. The van der Waals surface area contributed by atoms with Gasteiger partial charge in [0.2, 0.25) is 0 Å². The lowest BCUT2D eigenvalue weighted by Crippen LogP contribution is -2.18. The predicted octanol–water partition coefficient (Wildman–Crippen LogP) is 5.52. The van der Waals surface area contributed by atoms with Crippen LogP contribution in [-0.2, 0) is 9.63 Å². The van der Waals surface area contributed by atoms with Crippen LogP contribution in [0, 0.1) is 0 Å². The lowest BCUT2D eigenvalue weighted by Gasteiger charge is -2.13. The maximum Gasteiger partial charge on any atom is 0.151 e. The molecule has 0 heterocycles. The average molecular weight is 305 g/mol. The van der Waals surface area contributed by atoms with E-state index in [0.29, 0.717) is 0 Å². The Morgan fingerprint density at radius 2 is 1.55 bits per heavy atom. The van der Waals surface area contributed by atoms with Crippen LogP contribution in [0.15, 0.2) is 30.3 Å². The number of hydrogen-bond acceptors (Lipinski definition) is 3. The summed E-state index contributed by atoms with van der Waals surface area (Å²) in [5.74, 6) is 0. The van der Waals surface area contributed by atoms with Crippen LogP contribution >= 0.6 is 0 Å². The van der Waals surface area contributed by atoms with Gasteiger partial charge in [-0.25, -0.2) is 0 Å². The molecule has 0 amide bonds. The number of aldehydes is 1. The molecule has 124 valence electrons. The molecule has 22 heavy (non-hydrogen) atoms. The van der Waals surface area contributed by atoms with Crippen molar-refractivity contribution >= 4 is 12.0 Å². The molecule has 0 aliphatic heterocycles. The van der Waals surface area contributed by atoms with Gasteiger partial charge in [-0.15, -0.1) is 0 Å². The first kappa shape index (κ1) is 18.7. The SMILES string of the molecule is CCCCCCCCCCCC(C=O)ONc1ccccc1. The molecule has 0 spiro atoms. The zero-order valence-corrected chi connectivity index (χ0v) is 13.9. The number of unbranched alkanes of at least 4 members (excludes halogenated alkanes) is 8. The van der Waals surface area contributed by atoms with Crippen LogP contribution < -0.4 is 5.48 Å². The highest BCUT2D eigenvalue weighted by Gasteiger charge is 2.07. The molecular weight excluding hydrogens is 274 g/mol. The Hall–Kier alpha value is -1.35. The van der Waals surface area contributed by atoms with Crippen molar-refractivity contribution in [2.45, 2.75) is 77.2 Å². The van der Waals surface area contributed by atoms with Crippen molar-refractivity contribution in [2.75, 3.05) is 5.48 Å². The molecule has 1 rings (SSSR count). The summed E-state index contributed by atoms with van der Waals surface area (Å²) in [6.45, 7) is 2.25. The van der Waals surface area contributed by atoms with Crippen LogP contribution in [0.4, 0.5) is 5.69 Å². The number of rotatable bonds is 14. The summed E-state index contributed by atoms with van der Waals surface area (Å²) >= 11 is 0. The first-order valence-electron chi connectivity index (χ1n) is 8.78. The summed E-state index contributed by atoms with van der Waals surface area (Å²) < 4.78 is 0. The van der Waals surface area contributed by atoms with E-state index in [1.807, 2.05) is 30.3 Å². The van der Waals surface area contributed by atoms with Crippen LogP contribution in [0.3, 0.4) is 0 Å². The Bertz CT molecular complexity index is 367. The molecule has 1 unspecified atom stereocenters. The minimum Gasteiger partial charge on any atom is -0.300 e. The molecule has 3 heteroatoms. The van der Waals surface area contributed by atoms with E-state index in [4.69, 9.17) is 4.84 Å². The van der Waals surface area contributed by atoms with E-state index >= 15 is 0 Å². The summed E-state index contributed by atoms with van der Waals surface area (Å²) in [6.07, 6.45) is 12.9. The van der Waals surface area contributed by atoms with Gasteiger partial charge in [-0.2, -0.15) is 0 Å². The van der Waals surface area contributed by atoms with Crippen molar-refractivity contribution in [3.63, 3.8) is 0 Å². The third-order valence-electron chi connectivity index (χ3n) is 3.85. The largest absolute Gasteiger partial charge is 0.300 e. The minimum absolute atomic E-state index is 0.357. The molecule has 0 saturated heterocycles. The molecule has 0 radical (unpaired) electrons. The molecule has 0 fully saturated rings. The number of benzene rings is 1. The van der Waals surface area contributed by atoms with Gasteiger partial charge in [0.25, 0.3) is 0 Å². The Kier molecular flexibility index (Phi) is 11.3. The molecule has 1 atom stereocenters. The van der Waals surface area contributed by atoms with Crippen LogP contribution in [0.5, 0.6) is 0 Å². The molecule has 1 aromatic carbocycles. The number of para-hydroxylation sites is 1. The highest BCUT2D eigenvalue weighted by Crippen LogP contribution is 2.12. The second kappa shape index (κ2) is 13.3. The lowest BCUT2D eigenvalue weighted by molar-refractivity contribution is -0.116. The maximum atomic E-state index is 11.0. The number of carbonyl (C=O) groups is 1. The van der Waals surface area contributed by atoms with Crippen molar-refractivity contribution in [3.05, 3.63) is 30.3 Å². The van der Waals surface area contributed by atoms with Gasteiger partial charge in [0, 0.05) is 0 Å². The van der Waals surface area contributed by atoms with Gasteiger partial charge < -0.3 is 4.79 Å². The van der Waals surface area contributed by atoms with Gasteiger partial charge in [-0.05, 0) is 18.6 Å². The van der Waals surface area contributed by atoms with Crippen molar-refractivity contribution in [1.82, 2.24) is 0 Å². The lowest BCUT2D eigenvalue weighted by atomic mass is 10.1. The standard InChI is InChI=1S/C19H31NO2/c1-2-3-4-5-6-7-8-9-13-16-19(17-21)22-20-18-14-11-10-12-15-18/h10-12,14-15,17,19-20H,2-9,13,16H2,1H3. The zero-order chi connectivity index (χ0) is 15.9. The molecule has 0 bridgehead atoms. The Morgan fingerprint density at radius 3 is 2.14 bits per heavy atom. The summed E-state index contributed by atoms with van der Waals surface area (Å²) in [5, 5.41) is 0. The van der Waals surface area contributed by atoms with Gasteiger partial charge in [0.15, 0.2) is 6.29 Å². The Balaban J connectivity index is 1.98. The van der Waals surface area contributed by atoms with Gasteiger partial charge in [-0.1, -0.05) is 82.9 Å². The third kappa shape index (κ3) is 9.56. The zero-order valence-electron chi connectivity index (χ0n) is 13.9. The first-order valence-corrected chi connectivity index (χ1v) is 8.78. The van der Waals surface area contributed by atoms with E-state index < -0.39 is 0 Å². The quantitative estimate of drug-likeness (QED) is 0.279. The van der Waals surface area contributed by atoms with E-state index in [0.717, 1.165) is 24.8 Å². The van der Waals surface area contributed by atoms with Gasteiger partial charge >= 0.3 is 0 Å². The van der Waals surface area contributed by atoms with E-state index in [-0.39, 0.29) is 6.10 Å². The minimum atomic E-state index is -0.357. The molecule has 0 aliphatic rings. The van der Waals surface area contributed by atoms with Crippen molar-refractivity contribution in [1.29, 1.82) is 0 Å². The first-order chi connectivity index (χ1) is 10.9. The number of carbonyl (C=O) groups excluding carboxylic acids is 1. The number of anilines is 1. The molecule has 0 saturated carbocycles. The maximum absolute atomic E-state index is 11.0. The molecule has 1 N–H and O–H groups in total. The molecular formula is C19H31NO2. The van der Waals surface area contributed by atoms with Crippen LogP contribution in [0.1, 0.15) is 71.1 Å². The van der Waals surface area contributed by atoms with Crippen LogP contribution in [-0.4, -0.2) is 12.4 Å². The monoisotopic (exact) mass is 305 g/mol. The molecule has 3 nitrogen and oxygen atoms in total. The second-order valence-electron chi connectivity index (χ2n) is 5.88. The highest BCUT2D eigenvalue weighted by atomic mass is 16.7. The topological polar surface area (TPSA) is 38.3 Å². The van der Waals surface area contributed by atoms with Gasteiger partial charge in [0.1, 0.15) is 6.10 Å². The number of hydrogen-bond donors (Lipinski definition) is 1. The van der Waals surface area contributed by atoms with Crippen molar-refractivity contribution < 1.29 is 9.63 Å². The summed E-state index contributed by atoms with van der Waals surface area (Å²) in [6, 6.07) is 9.65. The Labute approximate surface area is 135 Å². The molecule has 0 aromatic heterocycles. The van der Waals surface area contributed by atoms with E-state index in [2.05, 4.69) is 12.4 Å².